The normalized spacial score (nSPS) is 12.6. The van der Waals surface area contributed by atoms with Gasteiger partial charge in [0.1, 0.15) is 0 Å². The molecule has 0 radical (unpaired) electrons. The Bertz CT molecular complexity index is 490. The van der Waals surface area contributed by atoms with Crippen molar-refractivity contribution < 1.29 is 0 Å². The van der Waals surface area contributed by atoms with E-state index < -0.39 is 0 Å². The molecular weight excluding hydrogens is 212 g/mol. The average Bonchev–Trinajstić information content (AvgIpc) is 2.78. The quantitative estimate of drug-likeness (QED) is 0.872. The van der Waals surface area contributed by atoms with Crippen molar-refractivity contribution in [3.8, 4) is 0 Å². The highest BCUT2D eigenvalue weighted by Gasteiger charge is 2.16. The predicted octanol–water partition coefficient (Wildman–Crippen LogP) is 1.92. The molecule has 90 valence electrons. The third-order valence-electron chi connectivity index (χ3n) is 2.86. The summed E-state index contributed by atoms with van der Waals surface area (Å²) in [6.07, 6.45) is 5.61. The molecule has 0 bridgehead atoms. The van der Waals surface area contributed by atoms with Gasteiger partial charge in [0.05, 0.1) is 11.7 Å². The fraction of sp³-hybridized carbons (Fsp3) is 0.385. The highest BCUT2D eigenvalue weighted by molar-refractivity contribution is 5.27. The van der Waals surface area contributed by atoms with E-state index in [9.17, 15) is 0 Å². The fourth-order valence-electron chi connectivity index (χ4n) is 2.07. The van der Waals surface area contributed by atoms with Crippen LogP contribution in [-0.4, -0.2) is 21.8 Å². The maximum atomic E-state index is 4.31. The lowest BCUT2D eigenvalue weighted by atomic mass is 10.0. The molecule has 17 heavy (non-hydrogen) atoms. The van der Waals surface area contributed by atoms with E-state index >= 15 is 0 Å². The molecule has 0 aliphatic rings. The highest BCUT2D eigenvalue weighted by Crippen LogP contribution is 2.21. The number of aryl methyl sites for hydroxylation is 2. The second kappa shape index (κ2) is 5.10. The van der Waals surface area contributed by atoms with E-state index in [4.69, 9.17) is 0 Å². The summed E-state index contributed by atoms with van der Waals surface area (Å²) >= 11 is 0. The van der Waals surface area contributed by atoms with Gasteiger partial charge in [0.15, 0.2) is 0 Å². The van der Waals surface area contributed by atoms with Gasteiger partial charge in [0.2, 0.25) is 0 Å². The second-order valence-electron chi connectivity index (χ2n) is 4.09. The molecule has 0 saturated carbocycles. The molecule has 0 fully saturated rings. The molecule has 1 N–H and O–H groups in total. The lowest BCUT2D eigenvalue weighted by Gasteiger charge is -2.18. The van der Waals surface area contributed by atoms with Crippen molar-refractivity contribution in [2.75, 3.05) is 7.05 Å². The molecule has 0 saturated heterocycles. The van der Waals surface area contributed by atoms with Gasteiger partial charge in [-0.2, -0.15) is 5.10 Å². The van der Waals surface area contributed by atoms with Crippen molar-refractivity contribution in [2.24, 2.45) is 0 Å². The summed E-state index contributed by atoms with van der Waals surface area (Å²) in [6.45, 7) is 5.03. The summed E-state index contributed by atoms with van der Waals surface area (Å²) in [5.74, 6) is 0. The summed E-state index contributed by atoms with van der Waals surface area (Å²) in [7, 11) is 1.96. The fourth-order valence-corrected chi connectivity index (χ4v) is 2.07. The van der Waals surface area contributed by atoms with Crippen LogP contribution in [0.2, 0.25) is 0 Å². The third kappa shape index (κ3) is 2.36. The Balaban J connectivity index is 2.40. The lowest BCUT2D eigenvalue weighted by Crippen LogP contribution is -2.21. The number of nitrogens with one attached hydrogen (secondary N) is 1. The molecule has 1 unspecified atom stereocenters. The van der Waals surface area contributed by atoms with Crippen LogP contribution in [0.5, 0.6) is 0 Å². The molecule has 4 nitrogen and oxygen atoms in total. The molecule has 2 aromatic heterocycles. The summed E-state index contributed by atoms with van der Waals surface area (Å²) < 4.78 is 2.00. The van der Waals surface area contributed by atoms with Crippen molar-refractivity contribution in [1.82, 2.24) is 20.1 Å². The van der Waals surface area contributed by atoms with E-state index in [0.29, 0.717) is 0 Å². The molecule has 0 aliphatic carbocycles. The maximum Gasteiger partial charge on any atom is 0.0760 e. The summed E-state index contributed by atoms with van der Waals surface area (Å²) in [6, 6.07) is 4.35. The van der Waals surface area contributed by atoms with Crippen molar-refractivity contribution in [2.45, 2.75) is 26.4 Å². The van der Waals surface area contributed by atoms with Gasteiger partial charge >= 0.3 is 0 Å². The highest BCUT2D eigenvalue weighted by atomic mass is 15.3. The van der Waals surface area contributed by atoms with Crippen LogP contribution in [0.25, 0.3) is 0 Å². The molecule has 0 aliphatic heterocycles. The average molecular weight is 230 g/mol. The minimum absolute atomic E-state index is 0.143. The van der Waals surface area contributed by atoms with Gasteiger partial charge in [-0.15, -0.1) is 0 Å². The first-order chi connectivity index (χ1) is 8.26. The number of hydrogen-bond acceptors (Lipinski definition) is 3. The summed E-state index contributed by atoms with van der Waals surface area (Å²) in [5, 5.41) is 7.63. The smallest absolute Gasteiger partial charge is 0.0760 e. The Labute approximate surface area is 102 Å². The van der Waals surface area contributed by atoms with Crippen molar-refractivity contribution in [3.05, 3.63) is 47.5 Å². The van der Waals surface area contributed by atoms with Crippen LogP contribution in [0.1, 0.15) is 29.8 Å². The van der Waals surface area contributed by atoms with Gasteiger partial charge in [-0.3, -0.25) is 9.67 Å². The largest absolute Gasteiger partial charge is 0.308 e. The van der Waals surface area contributed by atoms with E-state index in [-0.39, 0.29) is 6.04 Å². The molecule has 4 heteroatoms. The molecule has 2 heterocycles. The zero-order valence-corrected chi connectivity index (χ0v) is 10.5. The van der Waals surface area contributed by atoms with Gasteiger partial charge in [-0.1, -0.05) is 6.07 Å². The van der Waals surface area contributed by atoms with Gasteiger partial charge in [-0.25, -0.2) is 0 Å². The third-order valence-corrected chi connectivity index (χ3v) is 2.86. The van der Waals surface area contributed by atoms with Crippen LogP contribution >= 0.6 is 0 Å². The van der Waals surface area contributed by atoms with Crippen LogP contribution in [0.3, 0.4) is 0 Å². The van der Waals surface area contributed by atoms with Crippen LogP contribution in [-0.2, 0) is 6.54 Å². The monoisotopic (exact) mass is 230 g/mol. The van der Waals surface area contributed by atoms with E-state index in [1.54, 1.807) is 0 Å². The molecular formula is C13H18N4. The van der Waals surface area contributed by atoms with Crippen molar-refractivity contribution in [3.63, 3.8) is 0 Å². The van der Waals surface area contributed by atoms with Crippen molar-refractivity contribution >= 4 is 0 Å². The van der Waals surface area contributed by atoms with E-state index in [0.717, 1.165) is 6.54 Å². The Morgan fingerprint density at radius 3 is 2.88 bits per heavy atom. The molecule has 1 atom stereocenters. The standard InChI is InChI=1S/C13H18N4/c1-4-17-12(5-6-16-17)13(14-3)11-7-10(2)8-15-9-11/h5-9,13-14H,4H2,1-3H3. The molecule has 2 aromatic rings. The van der Waals surface area contributed by atoms with Crippen LogP contribution in [0, 0.1) is 6.92 Å². The zero-order valence-electron chi connectivity index (χ0n) is 10.5. The SMILES string of the molecule is CCn1nccc1C(NC)c1cncc(C)c1. The minimum atomic E-state index is 0.143. The first-order valence-corrected chi connectivity index (χ1v) is 5.86. The molecule has 0 amide bonds. The zero-order chi connectivity index (χ0) is 12.3. The Morgan fingerprint density at radius 2 is 2.24 bits per heavy atom. The number of aromatic nitrogens is 3. The first kappa shape index (κ1) is 11.8. The minimum Gasteiger partial charge on any atom is -0.308 e. The molecule has 2 rings (SSSR count). The van der Waals surface area contributed by atoms with Crippen LogP contribution < -0.4 is 5.32 Å². The van der Waals surface area contributed by atoms with Gasteiger partial charge < -0.3 is 5.32 Å². The second-order valence-corrected chi connectivity index (χ2v) is 4.09. The lowest BCUT2D eigenvalue weighted by molar-refractivity contribution is 0.562. The van der Waals surface area contributed by atoms with E-state index in [1.807, 2.05) is 36.4 Å². The Morgan fingerprint density at radius 1 is 1.41 bits per heavy atom. The van der Waals surface area contributed by atoms with Gasteiger partial charge in [0, 0.05) is 25.1 Å². The van der Waals surface area contributed by atoms with E-state index in [2.05, 4.69) is 35.3 Å². The van der Waals surface area contributed by atoms with Crippen LogP contribution in [0.4, 0.5) is 0 Å². The summed E-state index contributed by atoms with van der Waals surface area (Å²) in [5.41, 5.74) is 3.51. The summed E-state index contributed by atoms with van der Waals surface area (Å²) in [4.78, 5) is 4.25. The number of nitrogens with zero attached hydrogens (tertiary/aromatic N) is 3. The van der Waals surface area contributed by atoms with Gasteiger partial charge in [0.25, 0.3) is 0 Å². The Hall–Kier alpha value is -1.68. The van der Waals surface area contributed by atoms with E-state index in [1.165, 1.54) is 16.8 Å². The van der Waals surface area contributed by atoms with Crippen LogP contribution in [0.15, 0.2) is 30.7 Å². The van der Waals surface area contributed by atoms with Crippen molar-refractivity contribution in [1.29, 1.82) is 0 Å². The Kier molecular flexibility index (Phi) is 3.54. The number of rotatable bonds is 4. The molecule has 0 spiro atoms. The van der Waals surface area contributed by atoms with Gasteiger partial charge in [-0.05, 0) is 38.1 Å². The predicted molar refractivity (Wildman–Crippen MR) is 67.8 cm³/mol. The first-order valence-electron chi connectivity index (χ1n) is 5.86. The number of hydrogen-bond donors (Lipinski definition) is 1. The number of pyridine rings is 1. The maximum absolute atomic E-state index is 4.31. The topological polar surface area (TPSA) is 42.7 Å². The molecule has 0 aromatic carbocycles.